The van der Waals surface area contributed by atoms with Gasteiger partial charge in [0.15, 0.2) is 0 Å². The van der Waals surface area contributed by atoms with Gasteiger partial charge in [0.05, 0.1) is 6.10 Å². The summed E-state index contributed by atoms with van der Waals surface area (Å²) in [4.78, 5) is 11.5. The Morgan fingerprint density at radius 1 is 1.41 bits per heavy atom. The minimum atomic E-state index is -0.0654. The van der Waals surface area contributed by atoms with Crippen molar-refractivity contribution in [1.29, 1.82) is 0 Å². The van der Waals surface area contributed by atoms with Crippen LogP contribution in [0.15, 0.2) is 36.4 Å². The predicted molar refractivity (Wildman–Crippen MR) is 67.5 cm³/mol. The van der Waals surface area contributed by atoms with Crippen LogP contribution in [0, 0.1) is 0 Å². The summed E-state index contributed by atoms with van der Waals surface area (Å²) in [6.07, 6.45) is 5.71. The largest absolute Gasteiger partial charge is 0.376 e. The topological polar surface area (TPSA) is 38.3 Å². The van der Waals surface area contributed by atoms with E-state index in [1.807, 2.05) is 36.4 Å². The maximum absolute atomic E-state index is 11.5. The number of carbonyl (C=O) groups excluding carboxylic acids is 1. The quantitative estimate of drug-likeness (QED) is 0.805. The standard InChI is InChI=1S/C14H17NO2/c16-14(15-11-13-7-4-10-17-13)9-8-12-5-2-1-3-6-12/h1-3,5-6,8-9,13H,4,7,10-11H2,(H,15,16)/b9-8+/t13-/m0/s1. The van der Waals surface area contributed by atoms with Crippen LogP contribution in [0.5, 0.6) is 0 Å². The SMILES string of the molecule is O=C(/C=C/c1ccccc1)NC[C@@H]1CCCO1. The Bertz CT molecular complexity index is 380. The summed E-state index contributed by atoms with van der Waals surface area (Å²) in [6, 6.07) is 9.77. The molecule has 0 aliphatic carbocycles. The van der Waals surface area contributed by atoms with Crippen LogP contribution >= 0.6 is 0 Å². The summed E-state index contributed by atoms with van der Waals surface area (Å²) >= 11 is 0. The molecule has 0 aromatic heterocycles. The summed E-state index contributed by atoms with van der Waals surface area (Å²) in [6.45, 7) is 1.43. The lowest BCUT2D eigenvalue weighted by molar-refractivity contribution is -0.116. The second-order valence-electron chi connectivity index (χ2n) is 4.12. The van der Waals surface area contributed by atoms with Gasteiger partial charge in [0.25, 0.3) is 0 Å². The maximum Gasteiger partial charge on any atom is 0.244 e. The molecule has 1 amide bonds. The fraction of sp³-hybridized carbons (Fsp3) is 0.357. The molecule has 0 bridgehead atoms. The second-order valence-corrected chi connectivity index (χ2v) is 4.12. The fourth-order valence-electron chi connectivity index (χ4n) is 1.81. The van der Waals surface area contributed by atoms with Crippen LogP contribution in [0.2, 0.25) is 0 Å². The van der Waals surface area contributed by atoms with E-state index in [1.54, 1.807) is 6.08 Å². The van der Waals surface area contributed by atoms with Crippen molar-refractivity contribution in [2.75, 3.05) is 13.2 Å². The summed E-state index contributed by atoms with van der Waals surface area (Å²) in [5, 5.41) is 2.84. The number of ether oxygens (including phenoxy) is 1. The van der Waals surface area contributed by atoms with Gasteiger partial charge in [0, 0.05) is 19.2 Å². The number of hydrogen-bond donors (Lipinski definition) is 1. The molecular formula is C14H17NO2. The van der Waals surface area contributed by atoms with Crippen molar-refractivity contribution < 1.29 is 9.53 Å². The molecule has 1 aliphatic heterocycles. The van der Waals surface area contributed by atoms with Crippen LogP contribution in [0.4, 0.5) is 0 Å². The Morgan fingerprint density at radius 2 is 2.24 bits per heavy atom. The van der Waals surface area contributed by atoms with Gasteiger partial charge in [0.2, 0.25) is 5.91 Å². The highest BCUT2D eigenvalue weighted by molar-refractivity contribution is 5.91. The second kappa shape index (κ2) is 6.21. The molecule has 1 heterocycles. The molecule has 1 saturated heterocycles. The third-order valence-corrected chi connectivity index (χ3v) is 2.75. The zero-order valence-corrected chi connectivity index (χ0v) is 9.76. The lowest BCUT2D eigenvalue weighted by Gasteiger charge is -2.08. The van der Waals surface area contributed by atoms with Crippen molar-refractivity contribution in [3.05, 3.63) is 42.0 Å². The number of hydrogen-bond acceptors (Lipinski definition) is 2. The molecule has 1 atom stereocenters. The fourth-order valence-corrected chi connectivity index (χ4v) is 1.81. The Hall–Kier alpha value is -1.61. The van der Waals surface area contributed by atoms with Gasteiger partial charge in [-0.05, 0) is 24.5 Å². The first-order valence-electron chi connectivity index (χ1n) is 5.97. The minimum Gasteiger partial charge on any atom is -0.376 e. The number of amides is 1. The van der Waals surface area contributed by atoms with E-state index in [2.05, 4.69) is 5.32 Å². The Balaban J connectivity index is 1.75. The van der Waals surface area contributed by atoms with E-state index in [1.165, 1.54) is 0 Å². The first-order chi connectivity index (χ1) is 8.34. The summed E-state index contributed by atoms with van der Waals surface area (Å²) in [5.41, 5.74) is 1.03. The average molecular weight is 231 g/mol. The smallest absolute Gasteiger partial charge is 0.244 e. The number of benzene rings is 1. The Morgan fingerprint density at radius 3 is 2.94 bits per heavy atom. The zero-order valence-electron chi connectivity index (χ0n) is 9.76. The Labute approximate surface area is 101 Å². The van der Waals surface area contributed by atoms with Gasteiger partial charge >= 0.3 is 0 Å². The van der Waals surface area contributed by atoms with Crippen molar-refractivity contribution in [3.8, 4) is 0 Å². The molecule has 1 aromatic rings. The number of rotatable bonds is 4. The molecule has 2 rings (SSSR count). The molecule has 0 radical (unpaired) electrons. The van der Waals surface area contributed by atoms with E-state index in [0.29, 0.717) is 6.54 Å². The monoisotopic (exact) mass is 231 g/mol. The van der Waals surface area contributed by atoms with E-state index in [4.69, 9.17) is 4.74 Å². The molecule has 0 saturated carbocycles. The van der Waals surface area contributed by atoms with Gasteiger partial charge in [-0.25, -0.2) is 0 Å². The molecule has 1 aromatic carbocycles. The zero-order chi connectivity index (χ0) is 11.9. The highest BCUT2D eigenvalue weighted by Gasteiger charge is 2.15. The maximum atomic E-state index is 11.5. The molecule has 3 nitrogen and oxygen atoms in total. The van der Waals surface area contributed by atoms with Gasteiger partial charge in [-0.15, -0.1) is 0 Å². The van der Waals surface area contributed by atoms with Gasteiger partial charge < -0.3 is 10.1 Å². The summed E-state index contributed by atoms with van der Waals surface area (Å²) in [5.74, 6) is -0.0654. The van der Waals surface area contributed by atoms with Crippen LogP contribution in [0.1, 0.15) is 18.4 Å². The van der Waals surface area contributed by atoms with Crippen LogP contribution in [-0.4, -0.2) is 25.2 Å². The predicted octanol–water partition coefficient (Wildman–Crippen LogP) is 2.00. The number of nitrogens with one attached hydrogen (secondary N) is 1. The van der Waals surface area contributed by atoms with Gasteiger partial charge in [-0.2, -0.15) is 0 Å². The average Bonchev–Trinajstić information content (AvgIpc) is 2.88. The van der Waals surface area contributed by atoms with Gasteiger partial charge in [0.1, 0.15) is 0 Å². The number of carbonyl (C=O) groups is 1. The molecule has 3 heteroatoms. The first-order valence-corrected chi connectivity index (χ1v) is 5.97. The first kappa shape index (κ1) is 11.9. The van der Waals surface area contributed by atoms with Crippen LogP contribution < -0.4 is 5.32 Å². The minimum absolute atomic E-state index is 0.0654. The molecule has 90 valence electrons. The normalized spacial score (nSPS) is 19.6. The van der Waals surface area contributed by atoms with E-state index < -0.39 is 0 Å². The Kier molecular flexibility index (Phi) is 4.33. The highest BCUT2D eigenvalue weighted by atomic mass is 16.5. The third kappa shape index (κ3) is 4.04. The van der Waals surface area contributed by atoms with Crippen LogP contribution in [0.25, 0.3) is 6.08 Å². The molecule has 1 aliphatic rings. The van der Waals surface area contributed by atoms with Gasteiger partial charge in [-0.3, -0.25) is 4.79 Å². The van der Waals surface area contributed by atoms with Crippen molar-refractivity contribution in [1.82, 2.24) is 5.32 Å². The highest BCUT2D eigenvalue weighted by Crippen LogP contribution is 2.10. The van der Waals surface area contributed by atoms with Crippen molar-refractivity contribution >= 4 is 12.0 Å². The van der Waals surface area contributed by atoms with Crippen molar-refractivity contribution in [2.24, 2.45) is 0 Å². The lowest BCUT2D eigenvalue weighted by atomic mass is 10.2. The lowest BCUT2D eigenvalue weighted by Crippen LogP contribution is -2.30. The van der Waals surface area contributed by atoms with E-state index >= 15 is 0 Å². The molecule has 1 fully saturated rings. The summed E-state index contributed by atoms with van der Waals surface area (Å²) in [7, 11) is 0. The van der Waals surface area contributed by atoms with E-state index in [9.17, 15) is 4.79 Å². The molecule has 17 heavy (non-hydrogen) atoms. The van der Waals surface area contributed by atoms with E-state index in [0.717, 1.165) is 25.0 Å². The van der Waals surface area contributed by atoms with Gasteiger partial charge in [-0.1, -0.05) is 30.3 Å². The third-order valence-electron chi connectivity index (χ3n) is 2.75. The molecule has 1 N–H and O–H groups in total. The molecule has 0 unspecified atom stereocenters. The molecular weight excluding hydrogens is 214 g/mol. The van der Waals surface area contributed by atoms with Crippen molar-refractivity contribution in [3.63, 3.8) is 0 Å². The van der Waals surface area contributed by atoms with Crippen molar-refractivity contribution in [2.45, 2.75) is 18.9 Å². The molecule has 0 spiro atoms. The van der Waals surface area contributed by atoms with Crippen LogP contribution in [0.3, 0.4) is 0 Å². The van der Waals surface area contributed by atoms with E-state index in [-0.39, 0.29) is 12.0 Å². The summed E-state index contributed by atoms with van der Waals surface area (Å²) < 4.78 is 5.43. The van der Waals surface area contributed by atoms with Crippen LogP contribution in [-0.2, 0) is 9.53 Å².